The lowest BCUT2D eigenvalue weighted by atomic mass is 10.1. The van der Waals surface area contributed by atoms with Gasteiger partial charge in [0, 0.05) is 38.3 Å². The first kappa shape index (κ1) is 17.7. The second kappa shape index (κ2) is 7.73. The predicted molar refractivity (Wildman–Crippen MR) is 87.5 cm³/mol. The van der Waals surface area contributed by atoms with Gasteiger partial charge < -0.3 is 4.90 Å². The average molecular weight is 321 g/mol. The predicted octanol–water partition coefficient (Wildman–Crippen LogP) is 0.880. The number of nitrogens with zero attached hydrogens (tertiary/aromatic N) is 3. The summed E-state index contributed by atoms with van der Waals surface area (Å²) in [4.78, 5) is 41.1. The van der Waals surface area contributed by atoms with Gasteiger partial charge in [-0.2, -0.15) is 0 Å². The summed E-state index contributed by atoms with van der Waals surface area (Å²) in [6.07, 6.45) is 4.85. The van der Waals surface area contributed by atoms with Crippen LogP contribution < -0.4 is 0 Å². The molecule has 1 fully saturated rings. The van der Waals surface area contributed by atoms with E-state index < -0.39 is 17.9 Å². The van der Waals surface area contributed by atoms with Crippen LogP contribution in [0.25, 0.3) is 0 Å². The molecule has 6 nitrogen and oxygen atoms in total. The first-order chi connectivity index (χ1) is 10.9. The molecule has 2 aliphatic heterocycles. The molecule has 128 valence electrons. The van der Waals surface area contributed by atoms with E-state index in [0.717, 1.165) is 30.5 Å². The Morgan fingerprint density at radius 2 is 1.61 bits per heavy atom. The molecule has 0 saturated carbocycles. The van der Waals surface area contributed by atoms with Crippen LogP contribution in [0.4, 0.5) is 0 Å². The third-order valence-corrected chi connectivity index (χ3v) is 4.53. The molecule has 0 aliphatic carbocycles. The monoisotopic (exact) mass is 321 g/mol. The number of imide groups is 1. The molecule has 0 radical (unpaired) electrons. The Kier molecular flexibility index (Phi) is 5.93. The maximum Gasteiger partial charge on any atom is 0.254 e. The molecule has 0 N–H and O–H groups in total. The van der Waals surface area contributed by atoms with E-state index in [9.17, 15) is 14.4 Å². The highest BCUT2D eigenvalue weighted by Gasteiger charge is 2.35. The summed E-state index contributed by atoms with van der Waals surface area (Å²) < 4.78 is 0. The normalized spacial score (nSPS) is 20.7. The van der Waals surface area contributed by atoms with E-state index in [4.69, 9.17) is 0 Å². The zero-order chi connectivity index (χ0) is 17.0. The van der Waals surface area contributed by atoms with Gasteiger partial charge in [-0.15, -0.1) is 0 Å². The van der Waals surface area contributed by atoms with Crippen LogP contribution in [0.3, 0.4) is 0 Å². The van der Waals surface area contributed by atoms with Gasteiger partial charge in [0.25, 0.3) is 11.8 Å². The minimum absolute atomic E-state index is 0.141. The van der Waals surface area contributed by atoms with Crippen molar-refractivity contribution in [2.75, 3.05) is 32.7 Å². The Morgan fingerprint density at radius 1 is 1.04 bits per heavy atom. The minimum Gasteiger partial charge on any atom is -0.338 e. The van der Waals surface area contributed by atoms with Crippen LogP contribution in [0, 0.1) is 5.92 Å². The van der Waals surface area contributed by atoms with Crippen LogP contribution in [-0.4, -0.2) is 71.2 Å². The van der Waals surface area contributed by atoms with Gasteiger partial charge in [-0.25, -0.2) is 0 Å². The van der Waals surface area contributed by atoms with Crippen LogP contribution in [0.5, 0.6) is 0 Å². The lowest BCUT2D eigenvalue weighted by Crippen LogP contribution is -2.55. The van der Waals surface area contributed by atoms with Gasteiger partial charge in [0.15, 0.2) is 0 Å². The Hall–Kier alpha value is -1.69. The van der Waals surface area contributed by atoms with E-state index in [2.05, 4.69) is 18.7 Å². The van der Waals surface area contributed by atoms with Gasteiger partial charge in [0.1, 0.15) is 6.04 Å². The van der Waals surface area contributed by atoms with Crippen molar-refractivity contribution in [3.8, 4) is 0 Å². The van der Waals surface area contributed by atoms with Crippen LogP contribution in [0.2, 0.25) is 0 Å². The van der Waals surface area contributed by atoms with Crippen molar-refractivity contribution in [2.24, 2.45) is 5.92 Å². The number of amides is 3. The highest BCUT2D eigenvalue weighted by molar-refractivity contribution is 6.15. The van der Waals surface area contributed by atoms with Gasteiger partial charge in [-0.05, 0) is 32.2 Å². The molecule has 23 heavy (non-hydrogen) atoms. The SMILES string of the molecule is CC(C)CCCN1CCN(C(=O)C(C)N2C(=O)C=CC2=O)CC1. The van der Waals surface area contributed by atoms with E-state index in [0.29, 0.717) is 13.1 Å². The van der Waals surface area contributed by atoms with Crippen molar-refractivity contribution in [3.63, 3.8) is 0 Å². The van der Waals surface area contributed by atoms with E-state index in [1.807, 2.05) is 0 Å². The molecule has 2 aliphatic rings. The van der Waals surface area contributed by atoms with Crippen LogP contribution in [-0.2, 0) is 14.4 Å². The van der Waals surface area contributed by atoms with Crippen molar-refractivity contribution in [1.82, 2.24) is 14.7 Å². The molecule has 6 heteroatoms. The standard InChI is InChI=1S/C17H27N3O3/c1-13(2)5-4-8-18-9-11-19(12-10-18)17(23)14(3)20-15(21)6-7-16(20)22/h6-7,13-14H,4-5,8-12H2,1-3H3. The Bertz CT molecular complexity index is 475. The molecule has 1 unspecified atom stereocenters. The molecular formula is C17H27N3O3. The molecule has 2 heterocycles. The lowest BCUT2D eigenvalue weighted by Gasteiger charge is -2.37. The lowest BCUT2D eigenvalue weighted by molar-refractivity contribution is -0.149. The summed E-state index contributed by atoms with van der Waals surface area (Å²) in [6.45, 7) is 10.2. The molecule has 0 aromatic heterocycles. The van der Waals surface area contributed by atoms with Crippen molar-refractivity contribution in [3.05, 3.63) is 12.2 Å². The smallest absolute Gasteiger partial charge is 0.254 e. The molecule has 1 saturated heterocycles. The molecule has 0 aromatic carbocycles. The fourth-order valence-corrected chi connectivity index (χ4v) is 3.08. The largest absolute Gasteiger partial charge is 0.338 e. The molecule has 3 amide bonds. The summed E-state index contributed by atoms with van der Waals surface area (Å²) in [6, 6.07) is -0.725. The van der Waals surface area contributed by atoms with E-state index in [1.54, 1.807) is 11.8 Å². The van der Waals surface area contributed by atoms with Crippen molar-refractivity contribution >= 4 is 17.7 Å². The Balaban J connectivity index is 1.79. The number of piperazine rings is 1. The first-order valence-corrected chi connectivity index (χ1v) is 8.46. The summed E-state index contributed by atoms with van der Waals surface area (Å²) in [7, 11) is 0. The maximum absolute atomic E-state index is 12.5. The van der Waals surface area contributed by atoms with Gasteiger partial charge in [0.05, 0.1) is 0 Å². The topological polar surface area (TPSA) is 60.9 Å². The third-order valence-electron chi connectivity index (χ3n) is 4.53. The average Bonchev–Trinajstić information content (AvgIpc) is 2.85. The number of hydrogen-bond donors (Lipinski definition) is 0. The zero-order valence-electron chi connectivity index (χ0n) is 14.3. The summed E-state index contributed by atoms with van der Waals surface area (Å²) in [5, 5.41) is 0. The fraction of sp³-hybridized carbons (Fsp3) is 0.706. The van der Waals surface area contributed by atoms with E-state index in [-0.39, 0.29) is 5.91 Å². The fourth-order valence-electron chi connectivity index (χ4n) is 3.08. The van der Waals surface area contributed by atoms with Gasteiger partial charge in [-0.1, -0.05) is 13.8 Å². The number of rotatable bonds is 6. The van der Waals surface area contributed by atoms with Gasteiger partial charge in [-0.3, -0.25) is 24.2 Å². The molecule has 2 rings (SSSR count). The Morgan fingerprint density at radius 3 is 2.13 bits per heavy atom. The second-order valence-corrected chi connectivity index (χ2v) is 6.76. The third kappa shape index (κ3) is 4.41. The molecule has 1 atom stereocenters. The van der Waals surface area contributed by atoms with Crippen molar-refractivity contribution < 1.29 is 14.4 Å². The van der Waals surface area contributed by atoms with Crippen LogP contribution >= 0.6 is 0 Å². The van der Waals surface area contributed by atoms with Gasteiger partial charge >= 0.3 is 0 Å². The van der Waals surface area contributed by atoms with Crippen LogP contribution in [0.1, 0.15) is 33.6 Å². The zero-order valence-corrected chi connectivity index (χ0v) is 14.3. The number of carbonyl (C=O) groups excluding carboxylic acids is 3. The van der Waals surface area contributed by atoms with Gasteiger partial charge in [0.2, 0.25) is 5.91 Å². The summed E-state index contributed by atoms with van der Waals surface area (Å²) >= 11 is 0. The summed E-state index contributed by atoms with van der Waals surface area (Å²) in [5.41, 5.74) is 0. The highest BCUT2D eigenvalue weighted by Crippen LogP contribution is 2.14. The first-order valence-electron chi connectivity index (χ1n) is 8.46. The van der Waals surface area contributed by atoms with E-state index >= 15 is 0 Å². The molecule has 0 aromatic rings. The number of hydrogen-bond acceptors (Lipinski definition) is 4. The summed E-state index contributed by atoms with van der Waals surface area (Å²) in [5.74, 6) is -0.216. The maximum atomic E-state index is 12.5. The van der Waals surface area contributed by atoms with Crippen molar-refractivity contribution in [1.29, 1.82) is 0 Å². The molecule has 0 bridgehead atoms. The molecular weight excluding hydrogens is 294 g/mol. The minimum atomic E-state index is -0.725. The quantitative estimate of drug-likeness (QED) is 0.682. The second-order valence-electron chi connectivity index (χ2n) is 6.76. The Labute approximate surface area is 138 Å². The van der Waals surface area contributed by atoms with Crippen molar-refractivity contribution in [2.45, 2.75) is 39.7 Å². The van der Waals surface area contributed by atoms with Crippen LogP contribution in [0.15, 0.2) is 12.2 Å². The number of carbonyl (C=O) groups is 3. The molecule has 0 spiro atoms. The van der Waals surface area contributed by atoms with E-state index in [1.165, 1.54) is 25.0 Å². The highest BCUT2D eigenvalue weighted by atomic mass is 16.2.